The van der Waals surface area contributed by atoms with E-state index < -0.39 is 0 Å². The smallest absolute Gasteiger partial charge is 0.125 e. The number of pyridine rings is 1. The normalized spacial score (nSPS) is 21.1. The molecule has 3 aliphatic rings. The Morgan fingerprint density at radius 1 is 1.19 bits per heavy atom. The average molecular weight is 426 g/mol. The van der Waals surface area contributed by atoms with Crippen LogP contribution < -0.4 is 10.1 Å². The van der Waals surface area contributed by atoms with Crippen molar-refractivity contribution < 1.29 is 14.2 Å². The minimum Gasteiger partial charge on any atom is -0.496 e. The van der Waals surface area contributed by atoms with Gasteiger partial charge in [-0.2, -0.15) is 0 Å². The van der Waals surface area contributed by atoms with Crippen LogP contribution in [0.3, 0.4) is 0 Å². The maximum atomic E-state index is 6.03. The number of methoxy groups -OCH3 is 1. The van der Waals surface area contributed by atoms with E-state index in [1.54, 1.807) is 7.11 Å². The number of rotatable bonds is 9. The Hall–Kier alpha value is -1.89. The van der Waals surface area contributed by atoms with Crippen molar-refractivity contribution in [3.63, 3.8) is 0 Å². The van der Waals surface area contributed by atoms with Crippen LogP contribution in [0.4, 0.5) is 5.69 Å². The first-order chi connectivity index (χ1) is 15.3. The van der Waals surface area contributed by atoms with Crippen LogP contribution in [0.5, 0.6) is 5.75 Å². The number of anilines is 1. The number of ether oxygens (including phenoxy) is 3. The highest BCUT2D eigenvalue weighted by Crippen LogP contribution is 2.37. The lowest BCUT2D eigenvalue weighted by Gasteiger charge is -2.19. The zero-order valence-electron chi connectivity index (χ0n) is 18.8. The number of aryl methyl sites for hydroxylation is 1. The molecule has 2 saturated heterocycles. The summed E-state index contributed by atoms with van der Waals surface area (Å²) >= 11 is 0. The maximum absolute atomic E-state index is 6.03. The second kappa shape index (κ2) is 9.72. The predicted molar refractivity (Wildman–Crippen MR) is 123 cm³/mol. The van der Waals surface area contributed by atoms with Crippen molar-refractivity contribution in [1.29, 1.82) is 0 Å². The first-order valence-corrected chi connectivity index (χ1v) is 12.0. The maximum Gasteiger partial charge on any atom is 0.125 e. The fourth-order valence-corrected chi connectivity index (χ4v) is 5.21. The number of likely N-dealkylation sites (tertiary alicyclic amines) is 1. The van der Waals surface area contributed by atoms with Gasteiger partial charge >= 0.3 is 0 Å². The fraction of sp³-hybridized carbons (Fsp3) is 0.640. The van der Waals surface area contributed by atoms with Crippen LogP contribution in [-0.2, 0) is 28.9 Å². The number of fused-ring (bicyclic) bond motifs is 2. The van der Waals surface area contributed by atoms with Crippen LogP contribution in [0, 0.1) is 5.92 Å². The van der Waals surface area contributed by atoms with Crippen molar-refractivity contribution in [3.05, 3.63) is 29.0 Å². The molecule has 5 rings (SSSR count). The summed E-state index contributed by atoms with van der Waals surface area (Å²) in [5.74, 6) is 1.48. The molecule has 0 bridgehead atoms. The summed E-state index contributed by atoms with van der Waals surface area (Å²) < 4.78 is 17.4. The molecular weight excluding hydrogens is 390 g/mol. The van der Waals surface area contributed by atoms with Gasteiger partial charge in [0.25, 0.3) is 0 Å². The monoisotopic (exact) mass is 425 g/mol. The van der Waals surface area contributed by atoms with Gasteiger partial charge in [0.2, 0.25) is 0 Å². The highest BCUT2D eigenvalue weighted by Gasteiger charge is 2.23. The Bertz CT molecular complexity index is 905. The number of hydrogen-bond donors (Lipinski definition) is 1. The van der Waals surface area contributed by atoms with Crippen LogP contribution in [0.1, 0.15) is 42.5 Å². The molecule has 6 heteroatoms. The standard InChI is InChI=1S/C25H35N3O3/c1-29-24-14-21-23(13-19(24)17-31-12-10-28-8-2-3-9-28)27-22-6-4-5-20(22)25(21)26-15-18-7-11-30-16-18/h13-14,18H,2-12,15-17H2,1H3,(H,26,27)/t18-/m1/s1. The summed E-state index contributed by atoms with van der Waals surface area (Å²) in [6.45, 7) is 7.45. The lowest BCUT2D eigenvalue weighted by Crippen LogP contribution is -2.23. The van der Waals surface area contributed by atoms with Gasteiger partial charge in [-0.25, -0.2) is 0 Å². The average Bonchev–Trinajstić information content (AvgIpc) is 3.56. The lowest BCUT2D eigenvalue weighted by molar-refractivity contribution is 0.0979. The zero-order chi connectivity index (χ0) is 21.0. The van der Waals surface area contributed by atoms with Crippen molar-refractivity contribution in [3.8, 4) is 5.75 Å². The molecule has 6 nitrogen and oxygen atoms in total. The van der Waals surface area contributed by atoms with Gasteiger partial charge < -0.3 is 24.4 Å². The molecule has 168 valence electrons. The summed E-state index contributed by atoms with van der Waals surface area (Å²) in [7, 11) is 1.75. The van der Waals surface area contributed by atoms with Crippen molar-refractivity contribution in [2.24, 2.45) is 5.92 Å². The van der Waals surface area contributed by atoms with E-state index in [2.05, 4.69) is 22.3 Å². The summed E-state index contributed by atoms with van der Waals surface area (Å²) in [4.78, 5) is 7.52. The fourth-order valence-electron chi connectivity index (χ4n) is 5.21. The molecule has 2 aliphatic heterocycles. The number of aromatic nitrogens is 1. The number of nitrogens with one attached hydrogen (secondary N) is 1. The third kappa shape index (κ3) is 4.66. The summed E-state index contributed by atoms with van der Waals surface area (Å²) in [5, 5.41) is 4.94. The Labute approximate surface area is 185 Å². The molecule has 2 aromatic rings. The number of nitrogens with zero attached hydrogens (tertiary/aromatic N) is 2. The van der Waals surface area contributed by atoms with Crippen LogP contribution in [-0.4, -0.2) is 63.0 Å². The largest absolute Gasteiger partial charge is 0.496 e. The Morgan fingerprint density at radius 3 is 2.90 bits per heavy atom. The summed E-state index contributed by atoms with van der Waals surface area (Å²) in [6.07, 6.45) is 7.13. The van der Waals surface area contributed by atoms with Crippen LogP contribution in [0.25, 0.3) is 10.9 Å². The first-order valence-electron chi connectivity index (χ1n) is 12.0. The molecule has 1 aliphatic carbocycles. The molecule has 0 saturated carbocycles. The van der Waals surface area contributed by atoms with Crippen LogP contribution in [0.2, 0.25) is 0 Å². The van der Waals surface area contributed by atoms with Crippen molar-refractivity contribution in [2.45, 2.75) is 45.1 Å². The summed E-state index contributed by atoms with van der Waals surface area (Å²) in [5.41, 5.74) is 6.03. The van der Waals surface area contributed by atoms with Gasteiger partial charge in [0.15, 0.2) is 0 Å². The van der Waals surface area contributed by atoms with Crippen LogP contribution in [0.15, 0.2) is 12.1 Å². The molecule has 1 N–H and O–H groups in total. The third-order valence-corrected chi connectivity index (χ3v) is 7.01. The SMILES string of the molecule is COc1cc2c(NC[C@H]3CCOC3)c3c(nc2cc1COCCN1CCCC1)CCC3. The molecule has 1 aromatic heterocycles. The molecule has 3 heterocycles. The molecule has 2 fully saturated rings. The highest BCUT2D eigenvalue weighted by atomic mass is 16.5. The second-order valence-electron chi connectivity index (χ2n) is 9.16. The third-order valence-electron chi connectivity index (χ3n) is 7.01. The van der Waals surface area contributed by atoms with Gasteiger partial charge in [0.05, 0.1) is 32.4 Å². The van der Waals surface area contributed by atoms with Gasteiger partial charge in [0.1, 0.15) is 5.75 Å². The number of benzene rings is 1. The summed E-state index contributed by atoms with van der Waals surface area (Å²) in [6, 6.07) is 4.33. The molecular formula is C25H35N3O3. The van der Waals surface area contributed by atoms with E-state index in [1.807, 2.05) is 0 Å². The van der Waals surface area contributed by atoms with Gasteiger partial charge in [-0.15, -0.1) is 0 Å². The Balaban J connectivity index is 1.36. The predicted octanol–water partition coefficient (Wildman–Crippen LogP) is 3.79. The molecule has 1 aromatic carbocycles. The molecule has 31 heavy (non-hydrogen) atoms. The highest BCUT2D eigenvalue weighted by molar-refractivity contribution is 5.95. The molecule has 1 atom stereocenters. The van der Waals surface area contributed by atoms with Gasteiger partial charge in [-0.1, -0.05) is 0 Å². The Kier molecular flexibility index (Phi) is 6.58. The van der Waals surface area contributed by atoms with E-state index in [4.69, 9.17) is 19.2 Å². The topological polar surface area (TPSA) is 55.9 Å². The van der Waals surface area contributed by atoms with E-state index in [0.717, 1.165) is 74.4 Å². The van der Waals surface area contributed by atoms with E-state index >= 15 is 0 Å². The minimum atomic E-state index is 0.563. The first kappa shape index (κ1) is 21.0. The van der Waals surface area contributed by atoms with Gasteiger partial charge in [-0.05, 0) is 69.3 Å². The Morgan fingerprint density at radius 2 is 2.10 bits per heavy atom. The second-order valence-corrected chi connectivity index (χ2v) is 9.16. The lowest BCUT2D eigenvalue weighted by atomic mass is 10.0. The van der Waals surface area contributed by atoms with Crippen LogP contribution >= 0.6 is 0 Å². The quantitative estimate of drug-likeness (QED) is 0.617. The minimum absolute atomic E-state index is 0.563. The zero-order valence-corrected chi connectivity index (χ0v) is 18.8. The van der Waals surface area contributed by atoms with E-state index in [1.165, 1.54) is 49.3 Å². The molecule has 0 spiro atoms. The van der Waals surface area contributed by atoms with Gasteiger partial charge in [0, 0.05) is 47.9 Å². The van der Waals surface area contributed by atoms with Crippen molar-refractivity contribution in [1.82, 2.24) is 9.88 Å². The van der Waals surface area contributed by atoms with Gasteiger partial charge in [-0.3, -0.25) is 4.98 Å². The van der Waals surface area contributed by atoms with E-state index in [9.17, 15) is 0 Å². The van der Waals surface area contributed by atoms with E-state index in [0.29, 0.717) is 12.5 Å². The van der Waals surface area contributed by atoms with Crippen molar-refractivity contribution in [2.75, 3.05) is 58.4 Å². The molecule has 0 amide bonds. The molecule has 0 unspecified atom stereocenters. The molecule has 0 radical (unpaired) electrons. The number of hydrogen-bond acceptors (Lipinski definition) is 6. The van der Waals surface area contributed by atoms with Crippen molar-refractivity contribution >= 4 is 16.6 Å². The van der Waals surface area contributed by atoms with E-state index in [-0.39, 0.29) is 0 Å².